The van der Waals surface area contributed by atoms with Gasteiger partial charge in [0.15, 0.2) is 18.1 Å². The maximum Gasteiger partial charge on any atom is 0.294 e. The zero-order valence-electron chi connectivity index (χ0n) is 21.7. The van der Waals surface area contributed by atoms with Crippen LogP contribution in [0.4, 0.5) is 16.2 Å². The molecule has 0 bridgehead atoms. The molecular weight excluding hydrogens is 645 g/mol. The van der Waals surface area contributed by atoms with Crippen molar-refractivity contribution in [1.82, 2.24) is 4.90 Å². The molecule has 0 unspecified atom stereocenters. The number of anilines is 2. The lowest BCUT2D eigenvalue weighted by atomic mass is 10.2. The summed E-state index contributed by atoms with van der Waals surface area (Å²) in [6, 6.07) is 19.6. The predicted octanol–water partition coefficient (Wildman–Crippen LogP) is 5.69. The Morgan fingerprint density at radius 3 is 2.23 bits per heavy atom. The second-order valence-corrected chi connectivity index (χ2v) is 10.9. The van der Waals surface area contributed by atoms with Gasteiger partial charge in [-0.1, -0.05) is 23.8 Å². The van der Waals surface area contributed by atoms with Crippen molar-refractivity contribution in [2.45, 2.75) is 13.8 Å². The Bertz CT molecular complexity index is 1460. The number of hydrogen-bond acceptors (Lipinski definition) is 7. The van der Waals surface area contributed by atoms with E-state index in [0.717, 1.165) is 25.8 Å². The molecule has 3 aromatic rings. The number of benzene rings is 3. The van der Waals surface area contributed by atoms with E-state index in [9.17, 15) is 19.2 Å². The molecular formula is C29H26IN3O6S. The summed E-state index contributed by atoms with van der Waals surface area (Å²) in [5.74, 6) is -0.612. The molecule has 9 nitrogen and oxygen atoms in total. The second kappa shape index (κ2) is 13.5. The highest BCUT2D eigenvalue weighted by atomic mass is 127. The molecule has 1 saturated heterocycles. The van der Waals surface area contributed by atoms with Gasteiger partial charge in [0.25, 0.3) is 17.1 Å². The molecule has 4 amide bonds. The van der Waals surface area contributed by atoms with Gasteiger partial charge in [0.1, 0.15) is 6.54 Å². The summed E-state index contributed by atoms with van der Waals surface area (Å²) in [5.41, 5.74) is 2.92. The first-order valence-electron chi connectivity index (χ1n) is 12.3. The second-order valence-electron chi connectivity index (χ2n) is 8.66. The Hall–Kier alpha value is -3.84. The fourth-order valence-corrected chi connectivity index (χ4v) is 4.84. The third-order valence-electron chi connectivity index (χ3n) is 5.56. The van der Waals surface area contributed by atoms with Crippen LogP contribution in [0.3, 0.4) is 0 Å². The summed E-state index contributed by atoms with van der Waals surface area (Å²) in [7, 11) is 0. The summed E-state index contributed by atoms with van der Waals surface area (Å²) in [6.07, 6.45) is 1.55. The minimum atomic E-state index is -0.557. The van der Waals surface area contributed by atoms with E-state index in [1.165, 1.54) is 0 Å². The Kier molecular flexibility index (Phi) is 9.83. The van der Waals surface area contributed by atoms with E-state index in [2.05, 4.69) is 33.2 Å². The van der Waals surface area contributed by atoms with Gasteiger partial charge in [-0.3, -0.25) is 24.1 Å². The number of carbonyl (C=O) groups excluding carboxylic acids is 4. The largest absolute Gasteiger partial charge is 0.490 e. The van der Waals surface area contributed by atoms with E-state index in [4.69, 9.17) is 9.47 Å². The van der Waals surface area contributed by atoms with Crippen LogP contribution in [0.1, 0.15) is 18.1 Å². The quantitative estimate of drug-likeness (QED) is 0.210. The number of ether oxygens (including phenoxy) is 2. The minimum absolute atomic E-state index is 0.181. The number of aryl methyl sites for hydroxylation is 1. The maximum absolute atomic E-state index is 12.9. The van der Waals surface area contributed by atoms with E-state index in [0.29, 0.717) is 35.0 Å². The molecule has 0 radical (unpaired) electrons. The third-order valence-corrected chi connectivity index (χ3v) is 7.19. The Morgan fingerprint density at radius 1 is 0.900 bits per heavy atom. The number of imide groups is 1. The standard InChI is InChI=1S/C29H26IN3O6S/c1-3-38-24-14-19(6-13-23(24)39-17-27(35)32-21-9-4-18(2)5-10-21)15-25-28(36)33(29(37)40-25)16-26(34)31-22-11-7-20(30)8-12-22/h4-15H,3,16-17H2,1-2H3,(H,31,34)(H,32,35)/b25-15-. The molecule has 2 N–H and O–H groups in total. The van der Waals surface area contributed by atoms with Gasteiger partial charge < -0.3 is 20.1 Å². The van der Waals surface area contributed by atoms with Crippen molar-refractivity contribution in [3.05, 3.63) is 86.3 Å². The lowest BCUT2D eigenvalue weighted by molar-refractivity contribution is -0.127. The molecule has 0 atom stereocenters. The first kappa shape index (κ1) is 29.2. The van der Waals surface area contributed by atoms with Crippen molar-refractivity contribution in [2.24, 2.45) is 0 Å². The lowest BCUT2D eigenvalue weighted by Gasteiger charge is -2.13. The van der Waals surface area contributed by atoms with Crippen LogP contribution < -0.4 is 20.1 Å². The highest BCUT2D eigenvalue weighted by Crippen LogP contribution is 2.34. The van der Waals surface area contributed by atoms with Gasteiger partial charge in [0.05, 0.1) is 11.5 Å². The normalized spacial score (nSPS) is 13.9. The van der Waals surface area contributed by atoms with Crippen LogP contribution in [-0.2, 0) is 14.4 Å². The summed E-state index contributed by atoms with van der Waals surface area (Å²) >= 11 is 2.91. The van der Waals surface area contributed by atoms with Crippen molar-refractivity contribution in [3.8, 4) is 11.5 Å². The fraction of sp³-hybridized carbons (Fsp3) is 0.172. The number of thioether (sulfide) groups is 1. The molecule has 0 aliphatic carbocycles. The van der Waals surface area contributed by atoms with Crippen molar-refractivity contribution in [2.75, 3.05) is 30.4 Å². The molecule has 40 heavy (non-hydrogen) atoms. The van der Waals surface area contributed by atoms with Gasteiger partial charge in [-0.2, -0.15) is 0 Å². The number of hydrogen-bond donors (Lipinski definition) is 2. The maximum atomic E-state index is 12.9. The van der Waals surface area contributed by atoms with Gasteiger partial charge in [0.2, 0.25) is 5.91 Å². The number of halogens is 1. The Morgan fingerprint density at radius 2 is 1.55 bits per heavy atom. The highest BCUT2D eigenvalue weighted by molar-refractivity contribution is 14.1. The van der Waals surface area contributed by atoms with Gasteiger partial charge in [-0.05, 0) is 108 Å². The zero-order chi connectivity index (χ0) is 28.6. The third kappa shape index (κ3) is 7.85. The van der Waals surface area contributed by atoms with E-state index in [-0.39, 0.29) is 17.4 Å². The van der Waals surface area contributed by atoms with Crippen LogP contribution in [0.2, 0.25) is 0 Å². The molecule has 1 aliphatic heterocycles. The average Bonchev–Trinajstić information content (AvgIpc) is 3.18. The Labute approximate surface area is 249 Å². The molecule has 1 aliphatic rings. The molecule has 3 aromatic carbocycles. The number of nitrogens with zero attached hydrogens (tertiary/aromatic N) is 1. The molecule has 0 spiro atoms. The van der Waals surface area contributed by atoms with E-state index >= 15 is 0 Å². The minimum Gasteiger partial charge on any atom is -0.490 e. The van der Waals surface area contributed by atoms with Crippen LogP contribution in [0, 0.1) is 10.5 Å². The van der Waals surface area contributed by atoms with E-state index in [1.807, 2.05) is 50.2 Å². The SMILES string of the molecule is CCOc1cc(/C=C2\SC(=O)N(CC(=O)Nc3ccc(I)cc3)C2=O)ccc1OCC(=O)Nc1ccc(C)cc1. The number of nitrogens with one attached hydrogen (secondary N) is 2. The Balaban J connectivity index is 1.39. The molecule has 11 heteroatoms. The summed E-state index contributed by atoms with van der Waals surface area (Å²) in [5, 5.41) is 4.93. The van der Waals surface area contributed by atoms with Gasteiger partial charge in [0, 0.05) is 14.9 Å². The topological polar surface area (TPSA) is 114 Å². The van der Waals surface area contributed by atoms with Crippen LogP contribution >= 0.6 is 34.4 Å². The van der Waals surface area contributed by atoms with Crippen LogP contribution in [0.5, 0.6) is 11.5 Å². The van der Waals surface area contributed by atoms with Gasteiger partial charge in [-0.25, -0.2) is 0 Å². The van der Waals surface area contributed by atoms with Gasteiger partial charge in [-0.15, -0.1) is 0 Å². The van der Waals surface area contributed by atoms with E-state index in [1.54, 1.807) is 36.4 Å². The van der Waals surface area contributed by atoms with Crippen molar-refractivity contribution in [1.29, 1.82) is 0 Å². The van der Waals surface area contributed by atoms with Crippen LogP contribution in [-0.4, -0.2) is 47.6 Å². The van der Waals surface area contributed by atoms with Crippen molar-refractivity contribution < 1.29 is 28.7 Å². The summed E-state index contributed by atoms with van der Waals surface area (Å²) in [4.78, 5) is 51.3. The van der Waals surface area contributed by atoms with Crippen molar-refractivity contribution >= 4 is 74.8 Å². The molecule has 0 saturated carbocycles. The predicted molar refractivity (Wildman–Crippen MR) is 163 cm³/mol. The number of carbonyl (C=O) groups is 4. The molecule has 4 rings (SSSR count). The highest BCUT2D eigenvalue weighted by Gasteiger charge is 2.36. The molecule has 0 aromatic heterocycles. The first-order valence-corrected chi connectivity index (χ1v) is 14.2. The molecule has 1 heterocycles. The van der Waals surface area contributed by atoms with Gasteiger partial charge >= 0.3 is 0 Å². The summed E-state index contributed by atoms with van der Waals surface area (Å²) in [6.45, 7) is 3.51. The fourth-order valence-electron chi connectivity index (χ4n) is 3.64. The number of rotatable bonds is 10. The van der Waals surface area contributed by atoms with Crippen LogP contribution in [0.15, 0.2) is 71.6 Å². The smallest absolute Gasteiger partial charge is 0.294 e. The van der Waals surface area contributed by atoms with Crippen LogP contribution in [0.25, 0.3) is 6.08 Å². The average molecular weight is 672 g/mol. The monoisotopic (exact) mass is 671 g/mol. The first-order chi connectivity index (χ1) is 19.2. The summed E-state index contributed by atoms with van der Waals surface area (Å²) < 4.78 is 12.4. The van der Waals surface area contributed by atoms with Crippen molar-refractivity contribution in [3.63, 3.8) is 0 Å². The molecule has 206 valence electrons. The molecule has 1 fully saturated rings. The lowest BCUT2D eigenvalue weighted by Crippen LogP contribution is -2.36. The number of amides is 4. The zero-order valence-corrected chi connectivity index (χ0v) is 24.7. The van der Waals surface area contributed by atoms with E-state index < -0.39 is 23.6 Å².